The number of hydrogen-bond acceptors (Lipinski definition) is 2. The standard InChI is InChI=1S/C10H14O2/c1-5-8(2)6-7-9(3)12-10(4)11/h5-7H,1H2,2-4H3. The molecule has 0 unspecified atom stereocenters. The number of allylic oxidation sites excluding steroid dienone is 5. The summed E-state index contributed by atoms with van der Waals surface area (Å²) in [5.41, 5.74) is 1.03. The maximum absolute atomic E-state index is 10.5. The van der Waals surface area contributed by atoms with Crippen LogP contribution >= 0.6 is 0 Å². The molecule has 0 aliphatic carbocycles. The highest BCUT2D eigenvalue weighted by Crippen LogP contribution is 1.99. The third-order valence-electron chi connectivity index (χ3n) is 1.21. The van der Waals surface area contributed by atoms with Gasteiger partial charge in [0.15, 0.2) is 0 Å². The van der Waals surface area contributed by atoms with Crippen LogP contribution in [0.4, 0.5) is 0 Å². The summed E-state index contributed by atoms with van der Waals surface area (Å²) in [6, 6.07) is 0. The van der Waals surface area contributed by atoms with Crippen molar-refractivity contribution in [3.8, 4) is 0 Å². The minimum Gasteiger partial charge on any atom is -0.432 e. The zero-order valence-electron chi connectivity index (χ0n) is 7.76. The molecule has 0 radical (unpaired) electrons. The lowest BCUT2D eigenvalue weighted by Crippen LogP contribution is -1.94. The van der Waals surface area contributed by atoms with E-state index in [-0.39, 0.29) is 5.97 Å². The zero-order chi connectivity index (χ0) is 9.56. The quantitative estimate of drug-likeness (QED) is 0.366. The minimum absolute atomic E-state index is 0.298. The van der Waals surface area contributed by atoms with Crippen molar-refractivity contribution >= 4 is 5.97 Å². The first-order valence-corrected chi connectivity index (χ1v) is 3.72. The molecule has 2 heteroatoms. The highest BCUT2D eigenvalue weighted by atomic mass is 16.5. The molecule has 0 aliphatic heterocycles. The average Bonchev–Trinajstić information content (AvgIpc) is 1.99. The molecule has 0 aromatic heterocycles. The normalized spacial score (nSPS) is 12.6. The number of esters is 1. The molecule has 0 aromatic carbocycles. The van der Waals surface area contributed by atoms with Crippen LogP contribution < -0.4 is 0 Å². The van der Waals surface area contributed by atoms with Crippen LogP contribution in [0.3, 0.4) is 0 Å². The van der Waals surface area contributed by atoms with E-state index in [0.717, 1.165) is 5.57 Å². The SMILES string of the molecule is C=CC(C)=CC=C(C)OC(C)=O. The lowest BCUT2D eigenvalue weighted by atomic mass is 10.3. The average molecular weight is 166 g/mol. The Labute approximate surface area is 73.2 Å². The van der Waals surface area contributed by atoms with Crippen molar-refractivity contribution in [1.82, 2.24) is 0 Å². The van der Waals surface area contributed by atoms with Crippen LogP contribution in [0.1, 0.15) is 20.8 Å². The van der Waals surface area contributed by atoms with Gasteiger partial charge in [0.25, 0.3) is 0 Å². The zero-order valence-corrected chi connectivity index (χ0v) is 7.76. The second-order valence-electron chi connectivity index (χ2n) is 2.49. The van der Waals surface area contributed by atoms with Crippen LogP contribution in [0, 0.1) is 0 Å². The van der Waals surface area contributed by atoms with E-state index in [1.165, 1.54) is 6.92 Å². The largest absolute Gasteiger partial charge is 0.432 e. The summed E-state index contributed by atoms with van der Waals surface area (Å²) in [6.07, 6.45) is 5.31. The topological polar surface area (TPSA) is 26.3 Å². The fraction of sp³-hybridized carbons (Fsp3) is 0.300. The molecule has 0 spiro atoms. The molecule has 0 aliphatic rings. The van der Waals surface area contributed by atoms with E-state index in [0.29, 0.717) is 5.76 Å². The van der Waals surface area contributed by atoms with E-state index in [1.807, 2.05) is 13.0 Å². The summed E-state index contributed by atoms with van der Waals surface area (Å²) in [5, 5.41) is 0. The van der Waals surface area contributed by atoms with E-state index < -0.39 is 0 Å². The number of rotatable bonds is 3. The second kappa shape index (κ2) is 5.35. The van der Waals surface area contributed by atoms with Gasteiger partial charge in [-0.3, -0.25) is 4.79 Å². The van der Waals surface area contributed by atoms with E-state index in [1.54, 1.807) is 19.1 Å². The van der Waals surface area contributed by atoms with Crippen molar-refractivity contribution in [2.45, 2.75) is 20.8 Å². The molecule has 12 heavy (non-hydrogen) atoms. The maximum Gasteiger partial charge on any atom is 0.307 e. The van der Waals surface area contributed by atoms with E-state index >= 15 is 0 Å². The lowest BCUT2D eigenvalue weighted by molar-refractivity contribution is -0.136. The highest BCUT2D eigenvalue weighted by molar-refractivity contribution is 5.67. The van der Waals surface area contributed by atoms with Gasteiger partial charge in [0.2, 0.25) is 0 Å². The van der Waals surface area contributed by atoms with Crippen LogP contribution in [0.15, 0.2) is 36.1 Å². The van der Waals surface area contributed by atoms with Crippen molar-refractivity contribution in [3.05, 3.63) is 36.1 Å². The van der Waals surface area contributed by atoms with Crippen LogP contribution in [0.2, 0.25) is 0 Å². The lowest BCUT2D eigenvalue weighted by Gasteiger charge is -1.97. The summed E-state index contributed by atoms with van der Waals surface area (Å²) < 4.78 is 4.79. The van der Waals surface area contributed by atoms with Crippen molar-refractivity contribution in [2.75, 3.05) is 0 Å². The molecule has 0 aromatic rings. The summed E-state index contributed by atoms with van der Waals surface area (Å²) in [5.74, 6) is 0.289. The summed E-state index contributed by atoms with van der Waals surface area (Å²) in [7, 11) is 0. The molecule has 0 fully saturated rings. The number of ether oxygens (including phenoxy) is 1. The van der Waals surface area contributed by atoms with Gasteiger partial charge in [0, 0.05) is 6.92 Å². The van der Waals surface area contributed by atoms with Crippen molar-refractivity contribution in [2.24, 2.45) is 0 Å². The Balaban J connectivity index is 4.17. The Hall–Kier alpha value is -1.31. The van der Waals surface area contributed by atoms with Gasteiger partial charge >= 0.3 is 5.97 Å². The number of carbonyl (C=O) groups is 1. The minimum atomic E-state index is -0.298. The van der Waals surface area contributed by atoms with Crippen LogP contribution in [-0.4, -0.2) is 5.97 Å². The van der Waals surface area contributed by atoms with Crippen LogP contribution in [0.5, 0.6) is 0 Å². The van der Waals surface area contributed by atoms with Crippen LogP contribution in [0.25, 0.3) is 0 Å². The van der Waals surface area contributed by atoms with Gasteiger partial charge in [-0.1, -0.05) is 24.3 Å². The molecular formula is C10H14O2. The number of hydrogen-bond donors (Lipinski definition) is 0. The van der Waals surface area contributed by atoms with Gasteiger partial charge in [-0.2, -0.15) is 0 Å². The van der Waals surface area contributed by atoms with Gasteiger partial charge in [-0.25, -0.2) is 0 Å². The molecule has 0 bridgehead atoms. The Morgan fingerprint density at radius 3 is 2.25 bits per heavy atom. The molecule has 66 valence electrons. The third-order valence-corrected chi connectivity index (χ3v) is 1.21. The molecule has 0 atom stereocenters. The maximum atomic E-state index is 10.5. The predicted molar refractivity (Wildman–Crippen MR) is 49.5 cm³/mol. The first kappa shape index (κ1) is 10.7. The van der Waals surface area contributed by atoms with Crippen molar-refractivity contribution in [3.63, 3.8) is 0 Å². The van der Waals surface area contributed by atoms with Gasteiger partial charge in [-0.15, -0.1) is 0 Å². The highest BCUT2D eigenvalue weighted by Gasteiger charge is 1.92. The Morgan fingerprint density at radius 2 is 1.83 bits per heavy atom. The predicted octanol–water partition coefficient (Wildman–Crippen LogP) is 2.59. The summed E-state index contributed by atoms with van der Waals surface area (Å²) >= 11 is 0. The third kappa shape index (κ3) is 5.47. The number of carbonyl (C=O) groups excluding carboxylic acids is 1. The molecule has 0 N–H and O–H groups in total. The molecule has 0 rings (SSSR count). The van der Waals surface area contributed by atoms with E-state index in [2.05, 4.69) is 6.58 Å². The Bertz CT molecular complexity index is 234. The van der Waals surface area contributed by atoms with E-state index in [9.17, 15) is 4.79 Å². The van der Waals surface area contributed by atoms with E-state index in [4.69, 9.17) is 4.74 Å². The molecular weight excluding hydrogens is 152 g/mol. The molecule has 0 saturated heterocycles. The van der Waals surface area contributed by atoms with Gasteiger partial charge in [-0.05, 0) is 19.9 Å². The Kier molecular flexibility index (Phi) is 4.77. The fourth-order valence-electron chi connectivity index (χ4n) is 0.578. The molecule has 0 heterocycles. The van der Waals surface area contributed by atoms with Crippen molar-refractivity contribution < 1.29 is 9.53 Å². The molecule has 0 amide bonds. The van der Waals surface area contributed by atoms with Gasteiger partial charge in [0.1, 0.15) is 5.76 Å². The summed E-state index contributed by atoms with van der Waals surface area (Å²) in [6.45, 7) is 8.62. The van der Waals surface area contributed by atoms with Crippen molar-refractivity contribution in [1.29, 1.82) is 0 Å². The first-order chi connectivity index (χ1) is 5.56. The smallest absolute Gasteiger partial charge is 0.307 e. The summed E-state index contributed by atoms with van der Waals surface area (Å²) in [4.78, 5) is 10.5. The van der Waals surface area contributed by atoms with Gasteiger partial charge in [0.05, 0.1) is 0 Å². The Morgan fingerprint density at radius 1 is 1.25 bits per heavy atom. The fourth-order valence-corrected chi connectivity index (χ4v) is 0.578. The monoisotopic (exact) mass is 166 g/mol. The molecule has 2 nitrogen and oxygen atoms in total. The van der Waals surface area contributed by atoms with Crippen LogP contribution in [-0.2, 0) is 9.53 Å². The molecule has 0 saturated carbocycles. The van der Waals surface area contributed by atoms with Gasteiger partial charge < -0.3 is 4.74 Å². The first-order valence-electron chi connectivity index (χ1n) is 3.72. The second-order valence-corrected chi connectivity index (χ2v) is 2.49.